The quantitative estimate of drug-likeness (QED) is 0.677. The van der Waals surface area contributed by atoms with Gasteiger partial charge in [-0.25, -0.2) is 0 Å². The average Bonchev–Trinajstić information content (AvgIpc) is 1.91. The summed E-state index contributed by atoms with van der Waals surface area (Å²) in [6.45, 7) is 2.02. The van der Waals surface area contributed by atoms with Gasteiger partial charge in [-0.1, -0.05) is 0 Å². The van der Waals surface area contributed by atoms with Crippen LogP contribution >= 0.6 is 39.5 Å². The van der Waals surface area contributed by atoms with Crippen molar-refractivity contribution in [3.8, 4) is 5.75 Å². The Labute approximate surface area is 94.9 Å². The molecule has 66 valence electrons. The van der Waals surface area contributed by atoms with Gasteiger partial charge >= 0.3 is 96.0 Å². The van der Waals surface area contributed by atoms with Crippen LogP contribution in [0.5, 0.6) is 5.75 Å². The second kappa shape index (κ2) is 4.60. The maximum absolute atomic E-state index is 5.67. The van der Waals surface area contributed by atoms with Crippen molar-refractivity contribution in [2.75, 3.05) is 0 Å². The van der Waals surface area contributed by atoms with Gasteiger partial charge in [0.15, 0.2) is 0 Å². The molecule has 0 spiro atoms. The molecule has 5 heteroatoms. The molecule has 1 nitrogen and oxygen atoms in total. The number of hydrogen-bond acceptors (Lipinski definition) is 1. The first kappa shape index (κ1) is 11.3. The van der Waals surface area contributed by atoms with Crippen LogP contribution in [0.1, 0.15) is 5.56 Å². The molecule has 1 aromatic carbocycles. The molecule has 0 aromatic heterocycles. The van der Waals surface area contributed by atoms with Gasteiger partial charge in [-0.15, -0.1) is 0 Å². The molecule has 0 heterocycles. The first-order valence-corrected chi connectivity index (χ1v) is 15.5. The molecular formula is C7H7Br3OTi. The van der Waals surface area contributed by atoms with Crippen LogP contribution in [0.2, 0.25) is 0 Å². The number of halogens is 3. The Morgan fingerprint density at radius 2 is 1.75 bits per heavy atom. The van der Waals surface area contributed by atoms with Gasteiger partial charge in [0, 0.05) is 0 Å². The third-order valence-corrected chi connectivity index (χ3v) is 4.03. The molecule has 0 unspecified atom stereocenters. The van der Waals surface area contributed by atoms with Gasteiger partial charge in [-0.05, 0) is 0 Å². The van der Waals surface area contributed by atoms with E-state index < -0.39 is 10.7 Å². The normalized spacial score (nSPS) is 11.3. The van der Waals surface area contributed by atoms with Crippen LogP contribution in [0.25, 0.3) is 0 Å². The Balaban J connectivity index is 2.83. The molecule has 0 aliphatic carbocycles. The van der Waals surface area contributed by atoms with E-state index in [0.717, 1.165) is 11.3 Å². The van der Waals surface area contributed by atoms with Crippen LogP contribution in [0.4, 0.5) is 0 Å². The predicted octanol–water partition coefficient (Wildman–Crippen LogP) is 4.37. The zero-order chi connectivity index (χ0) is 9.19. The molecule has 0 aliphatic rings. The Bertz CT molecular complexity index is 272. The van der Waals surface area contributed by atoms with Crippen molar-refractivity contribution in [3.63, 3.8) is 0 Å². The molecule has 0 saturated carbocycles. The summed E-state index contributed by atoms with van der Waals surface area (Å²) in [5.74, 6) is 0.920. The fraction of sp³-hybridized carbons (Fsp3) is 0.143. The molecule has 0 atom stereocenters. The molecule has 12 heavy (non-hydrogen) atoms. The van der Waals surface area contributed by atoms with Gasteiger partial charge in [-0.2, -0.15) is 0 Å². The molecule has 0 bridgehead atoms. The van der Waals surface area contributed by atoms with Crippen LogP contribution in [0, 0.1) is 6.92 Å². The van der Waals surface area contributed by atoms with E-state index in [1.807, 2.05) is 31.2 Å². The van der Waals surface area contributed by atoms with Crippen molar-refractivity contribution in [1.82, 2.24) is 0 Å². The van der Waals surface area contributed by atoms with Crippen LogP contribution < -0.4 is 3.32 Å². The Morgan fingerprint density at radius 1 is 1.17 bits per heavy atom. The molecule has 1 rings (SSSR count). The predicted molar refractivity (Wildman–Crippen MR) is 58.6 cm³/mol. The summed E-state index contributed by atoms with van der Waals surface area (Å²) < 4.78 is 5.67. The van der Waals surface area contributed by atoms with E-state index in [1.54, 1.807) is 0 Å². The summed E-state index contributed by atoms with van der Waals surface area (Å²) in [7, 11) is -2.46. The van der Waals surface area contributed by atoms with Crippen molar-refractivity contribution in [2.24, 2.45) is 0 Å². The standard InChI is InChI=1S/C7H8O.3BrH.Ti/c1-6-4-2-3-5-7(6)8;;;;/h2-5,8H,1H3;3*1H;/q;;;;+4/p-4. The molecule has 0 radical (unpaired) electrons. The molecule has 0 aliphatic heterocycles. The molecular weight excluding hydrogens is 388 g/mol. The summed E-state index contributed by atoms with van der Waals surface area (Å²) >= 11 is 10.3. The number of para-hydroxylation sites is 1. The molecule has 0 fully saturated rings. The summed E-state index contributed by atoms with van der Waals surface area (Å²) in [5.41, 5.74) is 1.14. The van der Waals surface area contributed by atoms with E-state index in [0.29, 0.717) is 0 Å². The number of benzene rings is 1. The minimum absolute atomic E-state index is 0.920. The summed E-state index contributed by atoms with van der Waals surface area (Å²) in [6, 6.07) is 7.94. The van der Waals surface area contributed by atoms with E-state index in [4.69, 9.17) is 3.32 Å². The van der Waals surface area contributed by atoms with Crippen LogP contribution in [0.3, 0.4) is 0 Å². The van der Waals surface area contributed by atoms with Crippen LogP contribution in [0.15, 0.2) is 24.3 Å². The molecule has 0 N–H and O–H groups in total. The minimum atomic E-state index is -2.46. The Kier molecular flexibility index (Phi) is 4.31. The van der Waals surface area contributed by atoms with E-state index in [1.165, 1.54) is 0 Å². The Morgan fingerprint density at radius 3 is 2.25 bits per heavy atom. The average molecular weight is 395 g/mol. The first-order chi connectivity index (χ1) is 5.49. The van der Waals surface area contributed by atoms with Crippen molar-refractivity contribution in [2.45, 2.75) is 6.92 Å². The van der Waals surface area contributed by atoms with Crippen molar-refractivity contribution >= 4 is 39.5 Å². The fourth-order valence-corrected chi connectivity index (χ4v) is 3.70. The molecule has 1 aromatic rings. The van der Waals surface area contributed by atoms with Crippen molar-refractivity contribution in [3.05, 3.63) is 29.8 Å². The number of rotatable bonds is 2. The van der Waals surface area contributed by atoms with Crippen molar-refractivity contribution in [1.29, 1.82) is 0 Å². The fourth-order valence-electron chi connectivity index (χ4n) is 0.796. The monoisotopic (exact) mass is 392 g/mol. The third kappa shape index (κ3) is 3.92. The number of hydrogen-bond donors (Lipinski definition) is 0. The zero-order valence-corrected chi connectivity index (χ0v) is 12.7. The summed E-state index contributed by atoms with van der Waals surface area (Å²) in [4.78, 5) is 0. The molecule has 0 saturated heterocycles. The van der Waals surface area contributed by atoms with E-state index in [2.05, 4.69) is 39.5 Å². The van der Waals surface area contributed by atoms with E-state index in [9.17, 15) is 0 Å². The third-order valence-electron chi connectivity index (χ3n) is 1.32. The van der Waals surface area contributed by atoms with Gasteiger partial charge in [0.25, 0.3) is 0 Å². The summed E-state index contributed by atoms with van der Waals surface area (Å²) in [5, 5.41) is 0. The zero-order valence-electron chi connectivity index (χ0n) is 6.35. The number of aryl methyl sites for hydroxylation is 1. The SMILES string of the molecule is Cc1ccccc1[O][Ti]([Br])([Br])[Br]. The van der Waals surface area contributed by atoms with Crippen LogP contribution in [-0.4, -0.2) is 0 Å². The van der Waals surface area contributed by atoms with Crippen LogP contribution in [-0.2, 0) is 10.7 Å². The molecule has 0 amide bonds. The van der Waals surface area contributed by atoms with Crippen molar-refractivity contribution < 1.29 is 14.0 Å². The van der Waals surface area contributed by atoms with Gasteiger partial charge < -0.3 is 0 Å². The second-order valence-corrected chi connectivity index (χ2v) is 31.0. The Hall–Kier alpha value is 1.17. The van der Waals surface area contributed by atoms with Gasteiger partial charge in [-0.3, -0.25) is 0 Å². The second-order valence-electron chi connectivity index (χ2n) is 2.31. The first-order valence-electron chi connectivity index (χ1n) is 3.30. The summed E-state index contributed by atoms with van der Waals surface area (Å²) in [6.07, 6.45) is 0. The van der Waals surface area contributed by atoms with Gasteiger partial charge in [0.1, 0.15) is 0 Å². The van der Waals surface area contributed by atoms with Gasteiger partial charge in [0.05, 0.1) is 0 Å². The van der Waals surface area contributed by atoms with E-state index in [-0.39, 0.29) is 0 Å². The topological polar surface area (TPSA) is 9.23 Å². The maximum atomic E-state index is 5.67. The van der Waals surface area contributed by atoms with E-state index >= 15 is 0 Å². The van der Waals surface area contributed by atoms with Gasteiger partial charge in [0.2, 0.25) is 0 Å².